The van der Waals surface area contributed by atoms with E-state index >= 15 is 0 Å². The molecule has 0 bridgehead atoms. The van der Waals surface area contributed by atoms with E-state index in [9.17, 15) is 8.42 Å². The molecule has 2 saturated carbocycles. The second-order valence-corrected chi connectivity index (χ2v) is 8.54. The van der Waals surface area contributed by atoms with Crippen molar-refractivity contribution < 1.29 is 8.42 Å². The molecular weight excluding hydrogens is 260 g/mol. The Balaban J connectivity index is 1.73. The van der Waals surface area contributed by atoms with Gasteiger partial charge in [-0.15, -0.1) is 0 Å². The molecule has 0 heterocycles. The van der Waals surface area contributed by atoms with E-state index in [0.717, 1.165) is 38.4 Å². The fraction of sp³-hybridized carbons (Fsp3) is 1.00. The Labute approximate surface area is 117 Å². The van der Waals surface area contributed by atoms with E-state index < -0.39 is 9.84 Å². The smallest absolute Gasteiger partial charge is 0.151 e. The van der Waals surface area contributed by atoms with Crippen molar-refractivity contribution in [3.63, 3.8) is 0 Å². The molecule has 2 rings (SSSR count). The summed E-state index contributed by atoms with van der Waals surface area (Å²) in [6.07, 6.45) is 9.62. The van der Waals surface area contributed by atoms with Gasteiger partial charge in [0.15, 0.2) is 9.84 Å². The van der Waals surface area contributed by atoms with Crippen LogP contribution >= 0.6 is 0 Å². The molecule has 2 unspecified atom stereocenters. The van der Waals surface area contributed by atoms with Gasteiger partial charge in [0.2, 0.25) is 0 Å². The Hall–Kier alpha value is -0.130. The molecule has 2 aliphatic carbocycles. The van der Waals surface area contributed by atoms with E-state index in [0.29, 0.717) is 0 Å². The Morgan fingerprint density at radius 3 is 2.42 bits per heavy atom. The maximum Gasteiger partial charge on any atom is 0.151 e. The highest BCUT2D eigenvalue weighted by molar-refractivity contribution is 7.91. The third kappa shape index (κ3) is 4.17. The van der Waals surface area contributed by atoms with Gasteiger partial charge < -0.3 is 10.2 Å². The zero-order valence-corrected chi connectivity index (χ0v) is 13.1. The molecule has 19 heavy (non-hydrogen) atoms. The normalized spacial score (nSPS) is 29.4. The first-order chi connectivity index (χ1) is 8.98. The van der Waals surface area contributed by atoms with E-state index in [1.54, 1.807) is 0 Å². The number of sulfone groups is 1. The minimum Gasteiger partial charge on any atom is -0.311 e. The highest BCUT2D eigenvalue weighted by Gasteiger charge is 2.34. The summed E-state index contributed by atoms with van der Waals surface area (Å²) in [5, 5.41) is 3.31. The largest absolute Gasteiger partial charge is 0.311 e. The van der Waals surface area contributed by atoms with Crippen molar-refractivity contribution in [2.24, 2.45) is 0 Å². The summed E-state index contributed by atoms with van der Waals surface area (Å²) in [7, 11) is -0.699. The molecule has 112 valence electrons. The molecule has 2 aliphatic rings. The van der Waals surface area contributed by atoms with Crippen molar-refractivity contribution >= 4 is 9.84 Å². The predicted molar refractivity (Wildman–Crippen MR) is 79.2 cm³/mol. The van der Waals surface area contributed by atoms with Crippen LogP contribution in [0.3, 0.4) is 0 Å². The summed E-state index contributed by atoms with van der Waals surface area (Å²) in [6, 6.07) is 0.920. The van der Waals surface area contributed by atoms with Gasteiger partial charge in [0.05, 0.1) is 5.25 Å². The monoisotopic (exact) mass is 288 g/mol. The maximum absolute atomic E-state index is 11.7. The molecule has 0 saturated heterocycles. The minimum absolute atomic E-state index is 0.163. The van der Waals surface area contributed by atoms with Crippen molar-refractivity contribution in [2.75, 3.05) is 26.4 Å². The van der Waals surface area contributed by atoms with Crippen molar-refractivity contribution in [3.8, 4) is 0 Å². The van der Waals surface area contributed by atoms with E-state index in [1.165, 1.54) is 31.9 Å². The van der Waals surface area contributed by atoms with Crippen molar-refractivity contribution in [1.29, 1.82) is 0 Å². The molecule has 0 aliphatic heterocycles. The van der Waals surface area contributed by atoms with E-state index in [1.807, 2.05) is 0 Å². The van der Waals surface area contributed by atoms with E-state index in [4.69, 9.17) is 0 Å². The van der Waals surface area contributed by atoms with Gasteiger partial charge in [0.25, 0.3) is 0 Å². The lowest BCUT2D eigenvalue weighted by molar-refractivity contribution is 0.242. The van der Waals surface area contributed by atoms with Crippen LogP contribution in [0.2, 0.25) is 0 Å². The average Bonchev–Trinajstić information content (AvgIpc) is 2.98. The quantitative estimate of drug-likeness (QED) is 0.803. The molecular formula is C14H28N2O2S. The standard InChI is InChI=1S/C14H28N2O2S/c1-16(12-6-3-4-7-12)11-10-15-13-8-5-9-14(13)19(2,17)18/h12-15H,3-11H2,1-2H3. The second-order valence-electron chi connectivity index (χ2n) is 6.28. The van der Waals surface area contributed by atoms with Crippen LogP contribution in [0, 0.1) is 0 Å². The fourth-order valence-electron chi connectivity index (χ4n) is 3.63. The lowest BCUT2D eigenvalue weighted by Gasteiger charge is -2.26. The molecule has 0 amide bonds. The highest BCUT2D eigenvalue weighted by Crippen LogP contribution is 2.25. The molecule has 1 N–H and O–H groups in total. The maximum atomic E-state index is 11.7. The van der Waals surface area contributed by atoms with Gasteiger partial charge in [-0.2, -0.15) is 0 Å². The van der Waals surface area contributed by atoms with Crippen molar-refractivity contribution in [1.82, 2.24) is 10.2 Å². The van der Waals surface area contributed by atoms with Crippen LogP contribution in [0.1, 0.15) is 44.9 Å². The first-order valence-corrected chi connectivity index (χ1v) is 9.56. The van der Waals surface area contributed by atoms with Gasteiger partial charge in [0, 0.05) is 31.4 Å². The number of nitrogens with one attached hydrogen (secondary N) is 1. The third-order valence-corrected chi connectivity index (χ3v) is 6.49. The third-order valence-electron chi connectivity index (χ3n) is 4.82. The average molecular weight is 288 g/mol. The van der Waals surface area contributed by atoms with Gasteiger partial charge in [-0.1, -0.05) is 19.3 Å². The molecule has 0 aromatic rings. The van der Waals surface area contributed by atoms with Gasteiger partial charge >= 0.3 is 0 Å². The molecule has 5 heteroatoms. The minimum atomic E-state index is -2.89. The summed E-state index contributed by atoms with van der Waals surface area (Å²) in [6.45, 7) is 1.93. The molecule has 0 radical (unpaired) electrons. The number of hydrogen-bond acceptors (Lipinski definition) is 4. The van der Waals surface area contributed by atoms with Crippen LogP contribution in [0.15, 0.2) is 0 Å². The summed E-state index contributed by atoms with van der Waals surface area (Å²) >= 11 is 0. The van der Waals surface area contributed by atoms with Crippen LogP contribution in [0.25, 0.3) is 0 Å². The topological polar surface area (TPSA) is 49.4 Å². The number of nitrogens with zero attached hydrogens (tertiary/aromatic N) is 1. The summed E-state index contributed by atoms with van der Waals surface area (Å²) in [5.41, 5.74) is 0. The van der Waals surface area contributed by atoms with E-state index in [-0.39, 0.29) is 11.3 Å². The Bertz CT molecular complexity index is 377. The summed E-state index contributed by atoms with van der Waals surface area (Å²) in [4.78, 5) is 2.43. The molecule has 2 atom stereocenters. The van der Waals surface area contributed by atoms with Crippen LogP contribution < -0.4 is 5.32 Å². The van der Waals surface area contributed by atoms with E-state index in [2.05, 4.69) is 17.3 Å². The van der Waals surface area contributed by atoms with Gasteiger partial charge in [-0.25, -0.2) is 8.42 Å². The SMILES string of the molecule is CN(CCNC1CCCC1S(C)(=O)=O)C1CCCC1. The van der Waals surface area contributed by atoms with Crippen molar-refractivity contribution in [3.05, 3.63) is 0 Å². The summed E-state index contributed by atoms with van der Waals surface area (Å²) in [5.74, 6) is 0. The first kappa shape index (κ1) is 15.3. The van der Waals surface area contributed by atoms with Crippen molar-refractivity contribution in [2.45, 2.75) is 62.3 Å². The predicted octanol–water partition coefficient (Wildman–Crippen LogP) is 1.42. The van der Waals surface area contributed by atoms with Gasteiger partial charge in [-0.05, 0) is 32.7 Å². The first-order valence-electron chi connectivity index (χ1n) is 7.61. The van der Waals surface area contributed by atoms with Crippen LogP contribution in [-0.2, 0) is 9.84 Å². The highest BCUT2D eigenvalue weighted by atomic mass is 32.2. The molecule has 4 nitrogen and oxygen atoms in total. The lowest BCUT2D eigenvalue weighted by atomic mass is 10.2. The van der Waals surface area contributed by atoms with Crippen LogP contribution in [-0.4, -0.2) is 57.0 Å². The number of hydrogen-bond donors (Lipinski definition) is 1. The molecule has 0 aromatic carbocycles. The molecule has 0 aromatic heterocycles. The zero-order chi connectivity index (χ0) is 13.9. The zero-order valence-electron chi connectivity index (χ0n) is 12.3. The van der Waals surface area contributed by atoms with Gasteiger partial charge in [-0.3, -0.25) is 0 Å². The molecule has 0 spiro atoms. The number of likely N-dealkylation sites (N-methyl/N-ethyl adjacent to an activating group) is 1. The molecule has 2 fully saturated rings. The second kappa shape index (κ2) is 6.55. The summed E-state index contributed by atoms with van der Waals surface area (Å²) < 4.78 is 23.4. The Kier molecular flexibility index (Phi) is 5.26. The fourth-order valence-corrected chi connectivity index (χ4v) is 5.05. The van der Waals surface area contributed by atoms with Crippen LogP contribution in [0.5, 0.6) is 0 Å². The number of rotatable bonds is 6. The lowest BCUT2D eigenvalue weighted by Crippen LogP contribution is -2.44. The van der Waals surface area contributed by atoms with Crippen LogP contribution in [0.4, 0.5) is 0 Å². The Morgan fingerprint density at radius 1 is 1.11 bits per heavy atom. The Morgan fingerprint density at radius 2 is 1.79 bits per heavy atom. The van der Waals surface area contributed by atoms with Gasteiger partial charge in [0.1, 0.15) is 0 Å².